The maximum Gasteiger partial charge on any atom is 0.163 e. The third-order valence-corrected chi connectivity index (χ3v) is 8.84. The number of para-hydroxylation sites is 3. The number of fused-ring (bicyclic) bond motifs is 6. The average Bonchev–Trinajstić information content (AvgIpc) is 3.67. The second kappa shape index (κ2) is 10.0. The summed E-state index contributed by atoms with van der Waals surface area (Å²) < 4.78 is 12.9. The Morgan fingerprint density at radius 1 is 0.773 bits per heavy atom. The molecule has 0 bridgehead atoms. The van der Waals surface area contributed by atoms with E-state index >= 15 is 0 Å². The monoisotopic (exact) mass is 569 g/mol. The van der Waals surface area contributed by atoms with Gasteiger partial charge < -0.3 is 8.83 Å². The third kappa shape index (κ3) is 4.04. The van der Waals surface area contributed by atoms with Crippen molar-refractivity contribution in [1.82, 2.24) is 15.0 Å². The van der Waals surface area contributed by atoms with E-state index < -0.39 is 0 Å². The Bertz CT molecular complexity index is 2320. The van der Waals surface area contributed by atoms with E-state index in [1.165, 1.54) is 11.1 Å². The van der Waals surface area contributed by atoms with Gasteiger partial charge in [-0.1, -0.05) is 72.8 Å². The van der Waals surface area contributed by atoms with E-state index in [0.717, 1.165) is 86.0 Å². The summed E-state index contributed by atoms with van der Waals surface area (Å²) in [6.45, 7) is 0. The lowest BCUT2D eigenvalue weighted by Gasteiger charge is -2.20. The molecular weight excluding hydrogens is 542 g/mol. The van der Waals surface area contributed by atoms with Gasteiger partial charge >= 0.3 is 0 Å². The zero-order chi connectivity index (χ0) is 29.0. The van der Waals surface area contributed by atoms with Crippen LogP contribution in [0, 0.1) is 0 Å². The molecule has 0 N–H and O–H groups in total. The Hall–Kier alpha value is -5.55. The van der Waals surface area contributed by atoms with E-state index in [-0.39, 0.29) is 5.92 Å². The fraction of sp³-hybridized carbons (Fsp3) is 0.103. The summed E-state index contributed by atoms with van der Waals surface area (Å²) in [4.78, 5) is 14.8. The summed E-state index contributed by atoms with van der Waals surface area (Å²) in [6, 6.07) is 27.0. The Kier molecular flexibility index (Phi) is 5.69. The maximum absolute atomic E-state index is 6.50. The Morgan fingerprint density at radius 2 is 1.64 bits per heavy atom. The summed E-state index contributed by atoms with van der Waals surface area (Å²) in [5.41, 5.74) is 9.79. The first-order valence-corrected chi connectivity index (χ1v) is 15.1. The summed E-state index contributed by atoms with van der Waals surface area (Å²) in [5.74, 6) is 1.65. The predicted octanol–water partition coefficient (Wildman–Crippen LogP) is 9.94. The molecule has 2 aliphatic rings. The number of rotatable bonds is 4. The molecule has 7 aromatic rings. The molecule has 0 radical (unpaired) electrons. The molecule has 3 aromatic carbocycles. The maximum atomic E-state index is 6.50. The molecule has 0 aliphatic heterocycles. The van der Waals surface area contributed by atoms with E-state index in [4.69, 9.17) is 18.8 Å². The van der Waals surface area contributed by atoms with Crippen LogP contribution < -0.4 is 0 Å². The largest absolute Gasteiger partial charge is 0.456 e. The Morgan fingerprint density at radius 3 is 2.57 bits per heavy atom. The molecule has 9 rings (SSSR count). The van der Waals surface area contributed by atoms with Gasteiger partial charge in [0.1, 0.15) is 22.5 Å². The normalized spacial score (nSPS) is 16.1. The van der Waals surface area contributed by atoms with Crippen molar-refractivity contribution < 1.29 is 8.83 Å². The Labute approximate surface area is 253 Å². The van der Waals surface area contributed by atoms with Crippen LogP contribution in [0.1, 0.15) is 41.3 Å². The van der Waals surface area contributed by atoms with E-state index in [0.29, 0.717) is 5.82 Å². The molecule has 44 heavy (non-hydrogen) atoms. The number of pyridine rings is 1. The average molecular weight is 570 g/mol. The van der Waals surface area contributed by atoms with E-state index in [1.54, 1.807) is 0 Å². The minimum atomic E-state index is 0.0672. The number of nitrogens with zero attached hydrogens (tertiary/aromatic N) is 3. The van der Waals surface area contributed by atoms with Gasteiger partial charge in [-0.05, 0) is 66.8 Å². The number of furan rings is 2. The minimum Gasteiger partial charge on any atom is -0.456 e. The highest BCUT2D eigenvalue weighted by Crippen LogP contribution is 2.41. The van der Waals surface area contributed by atoms with Gasteiger partial charge in [-0.3, -0.25) is 4.98 Å². The molecule has 0 spiro atoms. The second-order valence-corrected chi connectivity index (χ2v) is 11.5. The zero-order valence-electron chi connectivity index (χ0n) is 23.9. The molecule has 0 fully saturated rings. The Balaban J connectivity index is 1.25. The van der Waals surface area contributed by atoms with Crippen molar-refractivity contribution in [3.05, 3.63) is 138 Å². The lowest BCUT2D eigenvalue weighted by molar-refractivity contribution is 0.596. The standard InChI is InChI=1S/C39H27N3O2/c1-3-18-35-27(12-1)29-14-6-16-31(37(29)43-35)34-22-33(25-10-5-9-24(21-25)26-11-8-20-40-23-26)41-39(42-34)32-17-7-15-30-28-13-2-4-19-36(28)44-38(30)32/h2-11,13-20,22-23,25H,1,12,21H2. The van der Waals surface area contributed by atoms with Gasteiger partial charge in [-0.15, -0.1) is 0 Å². The quantitative estimate of drug-likeness (QED) is 0.211. The van der Waals surface area contributed by atoms with E-state index in [1.807, 2.05) is 36.7 Å². The van der Waals surface area contributed by atoms with Crippen molar-refractivity contribution in [1.29, 1.82) is 0 Å². The number of allylic oxidation sites excluding steroid dienone is 5. The molecule has 5 heteroatoms. The fourth-order valence-electron chi connectivity index (χ4n) is 6.69. The van der Waals surface area contributed by atoms with Gasteiger partial charge in [0.25, 0.3) is 0 Å². The van der Waals surface area contributed by atoms with Crippen LogP contribution in [-0.2, 0) is 6.42 Å². The molecule has 2 aliphatic carbocycles. The fourth-order valence-corrected chi connectivity index (χ4v) is 6.69. The van der Waals surface area contributed by atoms with Crippen LogP contribution in [0.25, 0.3) is 67.2 Å². The summed E-state index contributed by atoms with van der Waals surface area (Å²) in [5, 5.41) is 3.30. The van der Waals surface area contributed by atoms with Gasteiger partial charge in [0.2, 0.25) is 0 Å². The SMILES string of the molecule is C1=CC(c2cc(-c3cccc4c5c(oc34)C=CCC5)nc(-c3cccc4c3oc3ccccc34)n2)CC(c2cccnc2)=C1. The van der Waals surface area contributed by atoms with Crippen LogP contribution in [-0.4, -0.2) is 15.0 Å². The highest BCUT2D eigenvalue weighted by atomic mass is 16.3. The first kappa shape index (κ1) is 25.0. The first-order chi connectivity index (χ1) is 21.8. The van der Waals surface area contributed by atoms with Crippen LogP contribution >= 0.6 is 0 Å². The molecule has 5 nitrogen and oxygen atoms in total. The van der Waals surface area contributed by atoms with E-state index in [9.17, 15) is 0 Å². The lowest BCUT2D eigenvalue weighted by atomic mass is 9.88. The van der Waals surface area contributed by atoms with Crippen molar-refractivity contribution in [2.45, 2.75) is 25.2 Å². The van der Waals surface area contributed by atoms with Gasteiger partial charge in [0.05, 0.1) is 17.0 Å². The van der Waals surface area contributed by atoms with Crippen LogP contribution in [0.5, 0.6) is 0 Å². The predicted molar refractivity (Wildman–Crippen MR) is 176 cm³/mol. The van der Waals surface area contributed by atoms with Crippen molar-refractivity contribution in [3.63, 3.8) is 0 Å². The zero-order valence-corrected chi connectivity index (χ0v) is 23.9. The topological polar surface area (TPSA) is 65.0 Å². The highest BCUT2D eigenvalue weighted by molar-refractivity contribution is 6.09. The van der Waals surface area contributed by atoms with Crippen molar-refractivity contribution in [2.24, 2.45) is 0 Å². The molecule has 0 saturated carbocycles. The number of benzene rings is 3. The number of hydrogen-bond acceptors (Lipinski definition) is 5. The molecular formula is C39H27N3O2. The first-order valence-electron chi connectivity index (χ1n) is 15.1. The third-order valence-electron chi connectivity index (χ3n) is 8.84. The molecule has 1 unspecified atom stereocenters. The number of hydrogen-bond donors (Lipinski definition) is 0. The van der Waals surface area contributed by atoms with Gasteiger partial charge in [-0.2, -0.15) is 0 Å². The summed E-state index contributed by atoms with van der Waals surface area (Å²) >= 11 is 0. The molecule has 1 atom stereocenters. The summed E-state index contributed by atoms with van der Waals surface area (Å²) in [6.07, 6.45) is 17.4. The summed E-state index contributed by atoms with van der Waals surface area (Å²) in [7, 11) is 0. The van der Waals surface area contributed by atoms with Crippen molar-refractivity contribution >= 4 is 44.6 Å². The minimum absolute atomic E-state index is 0.0672. The van der Waals surface area contributed by atoms with Gasteiger partial charge in [-0.25, -0.2) is 9.97 Å². The highest BCUT2D eigenvalue weighted by Gasteiger charge is 2.23. The van der Waals surface area contributed by atoms with Gasteiger partial charge in [0.15, 0.2) is 5.82 Å². The van der Waals surface area contributed by atoms with Crippen LogP contribution in [0.3, 0.4) is 0 Å². The molecule has 210 valence electrons. The molecule has 4 heterocycles. The molecule has 4 aromatic heterocycles. The number of aromatic nitrogens is 3. The lowest BCUT2D eigenvalue weighted by Crippen LogP contribution is -2.06. The molecule has 0 amide bonds. The van der Waals surface area contributed by atoms with Crippen molar-refractivity contribution in [2.75, 3.05) is 0 Å². The van der Waals surface area contributed by atoms with Gasteiger partial charge in [0, 0.05) is 45.6 Å². The second-order valence-electron chi connectivity index (χ2n) is 11.5. The van der Waals surface area contributed by atoms with Crippen molar-refractivity contribution in [3.8, 4) is 22.6 Å². The van der Waals surface area contributed by atoms with Crippen LogP contribution in [0.2, 0.25) is 0 Å². The van der Waals surface area contributed by atoms with Crippen LogP contribution in [0.4, 0.5) is 0 Å². The number of aryl methyl sites for hydroxylation is 1. The van der Waals surface area contributed by atoms with Crippen LogP contribution in [0.15, 0.2) is 124 Å². The smallest absolute Gasteiger partial charge is 0.163 e. The van der Waals surface area contributed by atoms with E-state index in [2.05, 4.69) is 90.0 Å². The molecule has 0 saturated heterocycles.